The van der Waals surface area contributed by atoms with Crippen LogP contribution in [0.4, 0.5) is 24.5 Å². The zero-order chi connectivity index (χ0) is 29.3. The topological polar surface area (TPSA) is 113 Å². The number of hydrogen-bond acceptors (Lipinski definition) is 5. The predicted molar refractivity (Wildman–Crippen MR) is 144 cm³/mol. The molecule has 7 nitrogen and oxygen atoms in total. The van der Waals surface area contributed by atoms with E-state index >= 15 is 0 Å². The molecule has 0 aliphatic rings. The van der Waals surface area contributed by atoms with Crippen LogP contribution >= 0.6 is 34.8 Å². The summed E-state index contributed by atoms with van der Waals surface area (Å²) in [5.41, 5.74) is -2.12. The van der Waals surface area contributed by atoms with Crippen LogP contribution in [0, 0.1) is 6.92 Å². The first-order valence-electron chi connectivity index (χ1n) is 11.1. The molecule has 2 amide bonds. The molecule has 0 radical (unpaired) electrons. The number of nitrogens with one attached hydrogen (secondary N) is 2. The number of alkyl halides is 3. The fraction of sp³-hybridized carbons (Fsp3) is 0.200. The van der Waals surface area contributed by atoms with Gasteiger partial charge in [0.25, 0.3) is 5.91 Å². The van der Waals surface area contributed by atoms with Crippen LogP contribution in [0.1, 0.15) is 34.8 Å². The Hall–Kier alpha value is -2.99. The second kappa shape index (κ2) is 11.6. The number of benzene rings is 3. The maximum Gasteiger partial charge on any atom is 0.417 e. The summed E-state index contributed by atoms with van der Waals surface area (Å²) < 4.78 is 66.5. The fourth-order valence-corrected chi connectivity index (χ4v) is 5.90. The summed E-state index contributed by atoms with van der Waals surface area (Å²) in [6.45, 7) is 3.21. The van der Waals surface area contributed by atoms with Gasteiger partial charge in [0.15, 0.2) is 9.84 Å². The van der Waals surface area contributed by atoms with E-state index in [4.69, 9.17) is 34.8 Å². The number of sulfone groups is 1. The van der Waals surface area contributed by atoms with Crippen molar-refractivity contribution in [2.75, 3.05) is 10.6 Å². The maximum atomic E-state index is 13.4. The van der Waals surface area contributed by atoms with E-state index < -0.39 is 55.0 Å². The Morgan fingerprint density at radius 1 is 0.949 bits per heavy atom. The van der Waals surface area contributed by atoms with Crippen molar-refractivity contribution in [3.05, 3.63) is 80.3 Å². The van der Waals surface area contributed by atoms with Gasteiger partial charge in [0.05, 0.1) is 42.5 Å². The minimum atomic E-state index is -4.94. The van der Waals surface area contributed by atoms with E-state index in [1.807, 2.05) is 0 Å². The predicted octanol–water partition coefficient (Wildman–Crippen LogP) is 7.12. The lowest BCUT2D eigenvalue weighted by Gasteiger charge is -2.18. The van der Waals surface area contributed by atoms with Crippen molar-refractivity contribution >= 4 is 67.8 Å². The van der Waals surface area contributed by atoms with Crippen LogP contribution in [0.3, 0.4) is 0 Å². The SMILES string of the molecule is CCC(C(=O)Nc1cc(O)c(NC(=O)c2cc(Cl)c(Cl)cc2C(F)(F)F)cc1Cl)S(=O)(=O)c1cccc(C)c1. The number of amides is 2. The molecule has 0 aliphatic carbocycles. The van der Waals surface area contributed by atoms with E-state index in [2.05, 4.69) is 10.6 Å². The molecule has 0 saturated carbocycles. The van der Waals surface area contributed by atoms with Crippen LogP contribution in [-0.2, 0) is 20.8 Å². The third-order valence-electron chi connectivity index (χ3n) is 5.56. The Morgan fingerprint density at radius 3 is 2.18 bits per heavy atom. The molecule has 1 unspecified atom stereocenters. The number of aromatic hydroxyl groups is 1. The van der Waals surface area contributed by atoms with Gasteiger partial charge in [-0.15, -0.1) is 0 Å². The van der Waals surface area contributed by atoms with Gasteiger partial charge < -0.3 is 15.7 Å². The van der Waals surface area contributed by atoms with E-state index in [1.54, 1.807) is 19.1 Å². The molecule has 208 valence electrons. The quantitative estimate of drug-likeness (QED) is 0.243. The molecule has 0 spiro atoms. The molecule has 0 aliphatic heterocycles. The molecule has 3 N–H and O–H groups in total. The summed E-state index contributed by atoms with van der Waals surface area (Å²) in [6.07, 6.45) is -5.02. The van der Waals surface area contributed by atoms with Crippen LogP contribution in [0.15, 0.2) is 53.4 Å². The molecule has 0 bridgehead atoms. The van der Waals surface area contributed by atoms with E-state index in [-0.39, 0.29) is 32.7 Å². The van der Waals surface area contributed by atoms with Gasteiger partial charge in [0.1, 0.15) is 11.0 Å². The monoisotopic (exact) mass is 622 g/mol. The minimum Gasteiger partial charge on any atom is -0.506 e. The molecule has 3 rings (SSSR count). The lowest BCUT2D eigenvalue weighted by Crippen LogP contribution is -2.34. The van der Waals surface area contributed by atoms with Crippen molar-refractivity contribution in [3.8, 4) is 5.75 Å². The zero-order valence-corrected chi connectivity index (χ0v) is 23.2. The van der Waals surface area contributed by atoms with Gasteiger partial charge >= 0.3 is 6.18 Å². The lowest BCUT2D eigenvalue weighted by molar-refractivity contribution is -0.137. The smallest absolute Gasteiger partial charge is 0.417 e. The molecule has 39 heavy (non-hydrogen) atoms. The highest BCUT2D eigenvalue weighted by atomic mass is 35.5. The van der Waals surface area contributed by atoms with Gasteiger partial charge in [-0.2, -0.15) is 13.2 Å². The highest BCUT2D eigenvalue weighted by molar-refractivity contribution is 7.92. The number of halogens is 6. The van der Waals surface area contributed by atoms with E-state index in [0.717, 1.165) is 18.2 Å². The number of carbonyl (C=O) groups is 2. The van der Waals surface area contributed by atoms with Gasteiger partial charge in [0.2, 0.25) is 5.91 Å². The number of phenolic OH excluding ortho intramolecular Hbond substituents is 1. The van der Waals surface area contributed by atoms with Crippen LogP contribution in [0.25, 0.3) is 0 Å². The molecular formula is C25H20Cl3F3N2O5S. The number of anilines is 2. The average Bonchev–Trinajstić information content (AvgIpc) is 2.83. The summed E-state index contributed by atoms with van der Waals surface area (Å²) >= 11 is 17.6. The third-order valence-corrected chi connectivity index (χ3v) is 8.80. The van der Waals surface area contributed by atoms with Crippen molar-refractivity contribution in [3.63, 3.8) is 0 Å². The first-order chi connectivity index (χ1) is 18.1. The Morgan fingerprint density at radius 2 is 1.59 bits per heavy atom. The number of phenols is 1. The molecule has 0 fully saturated rings. The average molecular weight is 624 g/mol. The highest BCUT2D eigenvalue weighted by Crippen LogP contribution is 2.39. The first kappa shape index (κ1) is 30.6. The van der Waals surface area contributed by atoms with Crippen LogP contribution in [0.2, 0.25) is 15.1 Å². The van der Waals surface area contributed by atoms with Gasteiger partial charge in [-0.1, -0.05) is 53.9 Å². The Bertz CT molecular complexity index is 1560. The number of aryl methyl sites for hydroxylation is 1. The Labute approximate surface area is 236 Å². The molecular weight excluding hydrogens is 604 g/mol. The molecule has 0 saturated heterocycles. The fourth-order valence-electron chi connectivity index (χ4n) is 3.63. The molecule has 0 aromatic heterocycles. The maximum absolute atomic E-state index is 13.4. The van der Waals surface area contributed by atoms with E-state index in [1.165, 1.54) is 19.1 Å². The second-order valence-electron chi connectivity index (χ2n) is 8.36. The summed E-state index contributed by atoms with van der Waals surface area (Å²) in [7, 11) is -4.08. The standard InChI is InChI=1S/C25H20Cl3F3N2O5S/c1-3-22(39(37,38)13-6-4-5-12(2)7-13)24(36)32-19-11-21(34)20(10-18(19)28)33-23(35)14-8-16(26)17(27)9-15(14)25(29,30)31/h4-11,22,34H,3H2,1-2H3,(H,32,36)(H,33,35). The zero-order valence-electron chi connectivity index (χ0n) is 20.2. The second-order valence-corrected chi connectivity index (χ2v) is 11.7. The molecule has 3 aromatic carbocycles. The van der Waals surface area contributed by atoms with Gasteiger partial charge in [-0.25, -0.2) is 8.42 Å². The Kier molecular flexibility index (Phi) is 9.11. The summed E-state index contributed by atoms with van der Waals surface area (Å²) in [5.74, 6) is -2.88. The van der Waals surface area contributed by atoms with Crippen molar-refractivity contribution in [2.45, 2.75) is 36.6 Å². The van der Waals surface area contributed by atoms with Crippen molar-refractivity contribution in [2.24, 2.45) is 0 Å². The van der Waals surface area contributed by atoms with E-state index in [0.29, 0.717) is 11.6 Å². The van der Waals surface area contributed by atoms with Crippen LogP contribution < -0.4 is 10.6 Å². The number of rotatable bonds is 7. The van der Waals surface area contributed by atoms with Crippen molar-refractivity contribution < 1.29 is 36.3 Å². The molecule has 1 atom stereocenters. The van der Waals surface area contributed by atoms with Crippen molar-refractivity contribution in [1.82, 2.24) is 0 Å². The van der Waals surface area contributed by atoms with Gasteiger partial charge in [0, 0.05) is 6.07 Å². The van der Waals surface area contributed by atoms with Gasteiger partial charge in [-0.3, -0.25) is 9.59 Å². The van der Waals surface area contributed by atoms with Crippen LogP contribution in [-0.4, -0.2) is 30.6 Å². The highest BCUT2D eigenvalue weighted by Gasteiger charge is 2.37. The lowest BCUT2D eigenvalue weighted by atomic mass is 10.1. The Balaban J connectivity index is 1.88. The van der Waals surface area contributed by atoms with Gasteiger partial charge in [-0.05, 0) is 49.2 Å². The van der Waals surface area contributed by atoms with Crippen molar-refractivity contribution in [1.29, 1.82) is 0 Å². The summed E-state index contributed by atoms with van der Waals surface area (Å²) in [4.78, 5) is 25.5. The molecule has 3 aromatic rings. The van der Waals surface area contributed by atoms with E-state index in [9.17, 15) is 36.3 Å². The number of hydrogen-bond donors (Lipinski definition) is 3. The number of carbonyl (C=O) groups excluding carboxylic acids is 2. The normalized spacial score (nSPS) is 12.6. The van der Waals surface area contributed by atoms with Crippen LogP contribution in [0.5, 0.6) is 5.75 Å². The molecule has 0 heterocycles. The third kappa shape index (κ3) is 6.78. The summed E-state index contributed by atoms with van der Waals surface area (Å²) in [6, 6.07) is 9.17. The first-order valence-corrected chi connectivity index (χ1v) is 13.8. The molecule has 14 heteroatoms. The largest absolute Gasteiger partial charge is 0.506 e. The minimum absolute atomic E-state index is 0.0444. The summed E-state index contributed by atoms with van der Waals surface area (Å²) in [5, 5.41) is 12.4.